The first kappa shape index (κ1) is 27.6. The highest BCUT2D eigenvalue weighted by Gasteiger charge is 2.18. The van der Waals surface area contributed by atoms with Gasteiger partial charge in [0.1, 0.15) is 12.4 Å². The lowest BCUT2D eigenvalue weighted by molar-refractivity contribution is 0.276. The van der Waals surface area contributed by atoms with Crippen molar-refractivity contribution >= 4 is 20.2 Å². The van der Waals surface area contributed by atoms with Gasteiger partial charge in [-0.05, 0) is 78.5 Å². The molecule has 190 valence electrons. The third kappa shape index (κ3) is 8.28. The van der Waals surface area contributed by atoms with Crippen molar-refractivity contribution in [1.82, 2.24) is 5.32 Å². The molecule has 2 unspecified atom stereocenters. The molecule has 2 aromatic carbocycles. The fraction of sp³-hybridized carbons (Fsp3) is 0.536. The molecule has 0 bridgehead atoms. The van der Waals surface area contributed by atoms with Crippen LogP contribution in [0.2, 0.25) is 0 Å². The van der Waals surface area contributed by atoms with Crippen LogP contribution in [0.3, 0.4) is 0 Å². The molecular weight excluding hydrogens is 462 g/mol. The number of nitrogens with zero attached hydrogens (tertiary/aromatic N) is 1. The molecule has 7 heteroatoms. The summed E-state index contributed by atoms with van der Waals surface area (Å²) in [5.41, 5.74) is 6.02. The number of aryl methyl sites for hydroxylation is 1. The van der Waals surface area contributed by atoms with Gasteiger partial charge in [0, 0.05) is 17.3 Å². The summed E-state index contributed by atoms with van der Waals surface area (Å²) in [6.07, 6.45) is 11.1. The smallest absolute Gasteiger partial charge is 0.313 e. The van der Waals surface area contributed by atoms with Gasteiger partial charge in [-0.15, -0.1) is 9.42 Å². The largest absolute Gasteiger partial charge is 0.694 e. The Kier molecular flexibility index (Phi) is 11.5. The van der Waals surface area contributed by atoms with E-state index in [1.54, 1.807) is 6.07 Å². The summed E-state index contributed by atoms with van der Waals surface area (Å²) in [5.74, 6) is 0.560. The van der Waals surface area contributed by atoms with Gasteiger partial charge in [-0.3, -0.25) is 4.99 Å². The van der Waals surface area contributed by atoms with Crippen LogP contribution in [0.25, 0.3) is 11.1 Å². The highest BCUT2D eigenvalue weighted by atomic mass is 31.1. The Morgan fingerprint density at radius 1 is 1.17 bits per heavy atom. The predicted octanol–water partition coefficient (Wildman–Crippen LogP) is 7.44. The number of hydrogen-bond donors (Lipinski definition) is 2. The molecule has 0 aliphatic carbocycles. The lowest BCUT2D eigenvalue weighted by atomic mass is 9.89. The van der Waals surface area contributed by atoms with Crippen LogP contribution in [-0.2, 0) is 28.5 Å². The van der Waals surface area contributed by atoms with E-state index in [9.17, 15) is 4.57 Å². The highest BCUT2D eigenvalue weighted by molar-refractivity contribution is 7.32. The van der Waals surface area contributed by atoms with Crippen molar-refractivity contribution in [3.8, 4) is 11.1 Å². The fourth-order valence-electron chi connectivity index (χ4n) is 4.76. The van der Waals surface area contributed by atoms with Crippen molar-refractivity contribution in [3.05, 3.63) is 52.8 Å². The van der Waals surface area contributed by atoms with E-state index >= 15 is 4.39 Å². The average Bonchev–Trinajstić information content (AvgIpc) is 2.86. The summed E-state index contributed by atoms with van der Waals surface area (Å²) in [4.78, 5) is 13.4. The third-order valence-corrected chi connectivity index (χ3v) is 7.26. The SMILES string of the molecule is CCCCC(CC)CCc1ccc(-c2ccc(CNCCCO[P+](=O)O)c3c2CCC=N3)cc1F. The number of fused-ring (bicyclic) bond motifs is 1. The minimum atomic E-state index is -2.53. The van der Waals surface area contributed by atoms with Crippen LogP contribution in [-0.4, -0.2) is 24.3 Å². The predicted molar refractivity (Wildman–Crippen MR) is 142 cm³/mol. The van der Waals surface area contributed by atoms with E-state index in [0.29, 0.717) is 25.4 Å². The minimum Gasteiger partial charge on any atom is -0.313 e. The Bertz CT molecular complexity index is 1010. The third-order valence-electron chi connectivity index (χ3n) is 6.85. The summed E-state index contributed by atoms with van der Waals surface area (Å²) >= 11 is 0. The minimum absolute atomic E-state index is 0.113. The van der Waals surface area contributed by atoms with Gasteiger partial charge < -0.3 is 5.32 Å². The first-order chi connectivity index (χ1) is 17.0. The quantitative estimate of drug-likeness (QED) is 0.197. The molecule has 1 heterocycles. The Morgan fingerprint density at radius 2 is 2.00 bits per heavy atom. The van der Waals surface area contributed by atoms with Crippen LogP contribution >= 0.6 is 8.25 Å². The van der Waals surface area contributed by atoms with Crippen molar-refractivity contribution in [1.29, 1.82) is 0 Å². The summed E-state index contributed by atoms with van der Waals surface area (Å²) < 4.78 is 30.3. The summed E-state index contributed by atoms with van der Waals surface area (Å²) in [6.45, 7) is 6.02. The van der Waals surface area contributed by atoms with Gasteiger partial charge in [0.05, 0.1) is 5.69 Å². The zero-order valence-electron chi connectivity index (χ0n) is 21.1. The maximum atomic E-state index is 15.1. The van der Waals surface area contributed by atoms with Gasteiger partial charge in [-0.1, -0.05) is 63.8 Å². The number of halogens is 1. The van der Waals surface area contributed by atoms with Crippen LogP contribution < -0.4 is 5.32 Å². The Labute approximate surface area is 210 Å². The first-order valence-corrected chi connectivity index (χ1v) is 14.1. The number of unbranched alkanes of at least 4 members (excludes halogenated alkanes) is 1. The lowest BCUT2D eigenvalue weighted by Gasteiger charge is -2.20. The van der Waals surface area contributed by atoms with Crippen LogP contribution in [0.4, 0.5) is 10.1 Å². The molecule has 35 heavy (non-hydrogen) atoms. The molecule has 5 nitrogen and oxygen atoms in total. The molecule has 0 amide bonds. The molecule has 0 fully saturated rings. The number of nitrogens with one attached hydrogen (secondary N) is 1. The van der Waals surface area contributed by atoms with Crippen LogP contribution in [0.15, 0.2) is 35.3 Å². The second kappa shape index (κ2) is 14.5. The second-order valence-electron chi connectivity index (χ2n) is 9.31. The Balaban J connectivity index is 1.68. The fourth-order valence-corrected chi connectivity index (χ4v) is 5.05. The van der Waals surface area contributed by atoms with Crippen LogP contribution in [0.1, 0.15) is 75.5 Å². The van der Waals surface area contributed by atoms with Gasteiger partial charge in [0.2, 0.25) is 0 Å². The maximum Gasteiger partial charge on any atom is 0.694 e. The first-order valence-electron chi connectivity index (χ1n) is 13.0. The van der Waals surface area contributed by atoms with E-state index in [2.05, 4.69) is 46.9 Å². The lowest BCUT2D eigenvalue weighted by Crippen LogP contribution is -2.16. The second-order valence-corrected chi connectivity index (χ2v) is 10.0. The van der Waals surface area contributed by atoms with E-state index in [4.69, 9.17) is 4.89 Å². The zero-order chi connectivity index (χ0) is 25.0. The normalized spacial score (nSPS) is 14.1. The van der Waals surface area contributed by atoms with E-state index in [0.717, 1.165) is 60.0 Å². The molecule has 3 rings (SSSR count). The van der Waals surface area contributed by atoms with Gasteiger partial charge >= 0.3 is 8.25 Å². The van der Waals surface area contributed by atoms with Crippen LogP contribution in [0, 0.1) is 11.7 Å². The molecule has 0 aromatic heterocycles. The monoisotopic (exact) mass is 501 g/mol. The maximum absolute atomic E-state index is 15.1. The molecule has 1 aliphatic rings. The molecule has 0 saturated carbocycles. The standard InChI is InChI=1S/C28H38FN2O3P/c1-3-5-8-21(4-2)10-11-22-12-13-23(19-27(22)29)25-15-14-24(28-26(25)9-6-17-31-28)20-30-16-7-18-34-35(32)33/h12-15,17,19,21,30H,3-11,16,18,20H2,1-2H3/p+1. The highest BCUT2D eigenvalue weighted by Crippen LogP contribution is 2.37. The van der Waals surface area contributed by atoms with Crippen molar-refractivity contribution in [2.45, 2.75) is 78.2 Å². The Hall–Kier alpha value is -1.98. The van der Waals surface area contributed by atoms with Crippen molar-refractivity contribution in [3.63, 3.8) is 0 Å². The van der Waals surface area contributed by atoms with E-state index in [1.807, 2.05) is 12.3 Å². The molecular formula is C28H39FN2O3P+. The van der Waals surface area contributed by atoms with E-state index in [1.165, 1.54) is 24.8 Å². The summed E-state index contributed by atoms with van der Waals surface area (Å²) in [7, 11) is -2.53. The van der Waals surface area contributed by atoms with Crippen LogP contribution in [0.5, 0.6) is 0 Å². The van der Waals surface area contributed by atoms with Crippen molar-refractivity contribution < 1.29 is 18.4 Å². The average molecular weight is 502 g/mol. The van der Waals surface area contributed by atoms with E-state index < -0.39 is 8.25 Å². The molecule has 1 aliphatic heterocycles. The van der Waals surface area contributed by atoms with Gasteiger partial charge in [-0.2, -0.15) is 0 Å². The van der Waals surface area contributed by atoms with Gasteiger partial charge in [-0.25, -0.2) is 4.39 Å². The molecule has 2 N–H and O–H groups in total. The molecule has 0 spiro atoms. The topological polar surface area (TPSA) is 70.9 Å². The summed E-state index contributed by atoms with van der Waals surface area (Å²) in [6, 6.07) is 9.87. The molecule has 0 saturated heterocycles. The van der Waals surface area contributed by atoms with E-state index in [-0.39, 0.29) is 12.4 Å². The number of benzene rings is 2. The number of rotatable bonds is 15. The van der Waals surface area contributed by atoms with Gasteiger partial charge in [0.25, 0.3) is 0 Å². The Morgan fingerprint density at radius 3 is 2.74 bits per heavy atom. The number of hydrogen-bond acceptors (Lipinski definition) is 4. The van der Waals surface area contributed by atoms with Gasteiger partial charge in [0.15, 0.2) is 0 Å². The molecule has 2 atom stereocenters. The van der Waals surface area contributed by atoms with Crippen molar-refractivity contribution in [2.75, 3.05) is 13.2 Å². The van der Waals surface area contributed by atoms with Crippen molar-refractivity contribution in [2.24, 2.45) is 10.9 Å². The molecule has 0 radical (unpaired) electrons. The number of aliphatic imine (C=N–C) groups is 1. The molecule has 2 aromatic rings. The zero-order valence-corrected chi connectivity index (χ0v) is 22.0. The summed E-state index contributed by atoms with van der Waals surface area (Å²) in [5, 5.41) is 3.35.